The van der Waals surface area contributed by atoms with Crippen molar-refractivity contribution < 1.29 is 18.6 Å². The summed E-state index contributed by atoms with van der Waals surface area (Å²) in [5.41, 5.74) is 2.54. The van der Waals surface area contributed by atoms with E-state index in [0.717, 1.165) is 35.6 Å². The molecule has 0 aliphatic carbocycles. The average Bonchev–Trinajstić information content (AvgIpc) is 3.04. The van der Waals surface area contributed by atoms with Gasteiger partial charge in [-0.1, -0.05) is 10.3 Å². The number of fused-ring (bicyclic) bond motifs is 4. The molecule has 2 atom stereocenters. The van der Waals surface area contributed by atoms with Crippen molar-refractivity contribution in [2.24, 2.45) is 5.92 Å². The van der Waals surface area contributed by atoms with Crippen molar-refractivity contribution in [1.82, 2.24) is 20.1 Å². The van der Waals surface area contributed by atoms with Gasteiger partial charge < -0.3 is 18.8 Å². The van der Waals surface area contributed by atoms with E-state index in [2.05, 4.69) is 10.3 Å². The van der Waals surface area contributed by atoms with Gasteiger partial charge in [-0.25, -0.2) is 0 Å². The number of hydrogen-bond acceptors (Lipinski definition) is 6. The van der Waals surface area contributed by atoms with Gasteiger partial charge in [0, 0.05) is 30.8 Å². The molecule has 3 fully saturated rings. The Hall–Kier alpha value is -2.64. The highest BCUT2D eigenvalue weighted by Gasteiger charge is 2.42. The third-order valence-corrected chi connectivity index (χ3v) is 5.66. The van der Waals surface area contributed by atoms with E-state index in [0.29, 0.717) is 25.4 Å². The van der Waals surface area contributed by atoms with Crippen LogP contribution >= 0.6 is 0 Å². The molecule has 3 aliphatic rings. The molecule has 3 saturated heterocycles. The summed E-state index contributed by atoms with van der Waals surface area (Å²) in [6.45, 7) is 7.10. The number of amides is 2. The van der Waals surface area contributed by atoms with Crippen LogP contribution in [-0.2, 0) is 22.6 Å². The Morgan fingerprint density at radius 1 is 1.19 bits per heavy atom. The van der Waals surface area contributed by atoms with Crippen LogP contribution in [0.15, 0.2) is 15.1 Å². The van der Waals surface area contributed by atoms with Gasteiger partial charge in [-0.05, 0) is 33.6 Å². The number of aromatic nitrogens is 2. The summed E-state index contributed by atoms with van der Waals surface area (Å²) in [6, 6.07) is 1.80. The molecule has 2 aromatic heterocycles. The molecule has 8 nitrogen and oxygen atoms in total. The first kappa shape index (κ1) is 17.8. The second-order valence-electron chi connectivity index (χ2n) is 7.61. The smallest absolute Gasteiger partial charge is 0.230 e. The highest BCUT2D eigenvalue weighted by atomic mass is 16.5. The minimum atomic E-state index is -0.148. The number of aryl methyl sites for hydroxylation is 3. The van der Waals surface area contributed by atoms with Gasteiger partial charge in [-0.15, -0.1) is 0 Å². The Kier molecular flexibility index (Phi) is 4.49. The van der Waals surface area contributed by atoms with Crippen molar-refractivity contribution in [1.29, 1.82) is 0 Å². The Labute approximate surface area is 157 Å². The Morgan fingerprint density at radius 3 is 2.67 bits per heavy atom. The highest BCUT2D eigenvalue weighted by Crippen LogP contribution is 2.31. The van der Waals surface area contributed by atoms with Crippen molar-refractivity contribution in [3.8, 4) is 0 Å². The van der Waals surface area contributed by atoms with Gasteiger partial charge >= 0.3 is 0 Å². The van der Waals surface area contributed by atoms with Crippen molar-refractivity contribution in [2.45, 2.75) is 52.6 Å². The molecule has 5 heterocycles. The maximum atomic E-state index is 13.0. The first-order chi connectivity index (χ1) is 12.9. The van der Waals surface area contributed by atoms with Crippen molar-refractivity contribution in [2.75, 3.05) is 13.1 Å². The zero-order valence-corrected chi connectivity index (χ0v) is 15.9. The van der Waals surface area contributed by atoms with Gasteiger partial charge in [-0.2, -0.15) is 0 Å². The van der Waals surface area contributed by atoms with E-state index in [1.165, 1.54) is 0 Å². The SMILES string of the molecule is Cc1cc(CC(=O)N2C[C@@H]3CC[C@H](C2)N(Cc2c(C)noc2C)C3=O)on1. The predicted molar refractivity (Wildman–Crippen MR) is 94.6 cm³/mol. The fourth-order valence-electron chi connectivity index (χ4n) is 4.11. The largest absolute Gasteiger partial charge is 0.361 e. The lowest BCUT2D eigenvalue weighted by atomic mass is 9.93. The van der Waals surface area contributed by atoms with Crippen LogP contribution in [0.5, 0.6) is 0 Å². The molecule has 2 bridgehead atoms. The first-order valence-corrected chi connectivity index (χ1v) is 9.34. The van der Waals surface area contributed by atoms with Crippen LogP contribution in [0.25, 0.3) is 0 Å². The molecule has 0 N–H and O–H groups in total. The lowest BCUT2D eigenvalue weighted by molar-refractivity contribution is -0.140. The van der Waals surface area contributed by atoms with E-state index in [9.17, 15) is 9.59 Å². The quantitative estimate of drug-likeness (QED) is 0.812. The summed E-state index contributed by atoms with van der Waals surface area (Å²) in [4.78, 5) is 29.5. The van der Waals surface area contributed by atoms with Crippen molar-refractivity contribution in [3.63, 3.8) is 0 Å². The minimum absolute atomic E-state index is 0.0185. The lowest BCUT2D eigenvalue weighted by Crippen LogP contribution is -2.47. The molecule has 0 aromatic carbocycles. The normalized spacial score (nSPS) is 22.4. The Balaban J connectivity index is 1.51. The fraction of sp³-hybridized carbons (Fsp3) is 0.579. The zero-order chi connectivity index (χ0) is 19.1. The third-order valence-electron chi connectivity index (χ3n) is 5.66. The van der Waals surface area contributed by atoms with Crippen LogP contribution in [0, 0.1) is 26.7 Å². The molecule has 0 unspecified atom stereocenters. The Bertz CT molecular complexity index is 851. The molecule has 5 rings (SSSR count). The molecule has 0 spiro atoms. The molecule has 144 valence electrons. The summed E-state index contributed by atoms with van der Waals surface area (Å²) in [5, 5.41) is 7.83. The summed E-state index contributed by atoms with van der Waals surface area (Å²) >= 11 is 0. The second kappa shape index (κ2) is 6.83. The molecule has 2 aromatic rings. The van der Waals surface area contributed by atoms with Crippen LogP contribution in [0.3, 0.4) is 0 Å². The standard InChI is InChI=1S/C19H24N4O4/c1-11-6-16(27-20-11)7-18(24)22-8-14-4-5-15(9-22)23(19(14)25)10-17-12(2)21-26-13(17)3/h6,14-15H,4-5,7-10H2,1-3H3/t14-,15+/m0/s1. The summed E-state index contributed by atoms with van der Waals surface area (Å²) in [7, 11) is 0. The monoisotopic (exact) mass is 372 g/mol. The van der Waals surface area contributed by atoms with Crippen LogP contribution in [0.1, 0.15) is 41.3 Å². The minimum Gasteiger partial charge on any atom is -0.361 e. The van der Waals surface area contributed by atoms with Gasteiger partial charge in [0.15, 0.2) is 0 Å². The predicted octanol–water partition coefficient (Wildman–Crippen LogP) is 1.78. The highest BCUT2D eigenvalue weighted by molar-refractivity contribution is 5.83. The van der Waals surface area contributed by atoms with Crippen LogP contribution < -0.4 is 0 Å². The van der Waals surface area contributed by atoms with Gasteiger partial charge in [-0.3, -0.25) is 9.59 Å². The molecular formula is C19H24N4O4. The molecule has 3 aliphatic heterocycles. The maximum Gasteiger partial charge on any atom is 0.230 e. The average molecular weight is 372 g/mol. The Morgan fingerprint density at radius 2 is 2.00 bits per heavy atom. The van der Waals surface area contributed by atoms with E-state index < -0.39 is 0 Å². The van der Waals surface area contributed by atoms with Crippen LogP contribution in [0.2, 0.25) is 0 Å². The van der Waals surface area contributed by atoms with Crippen molar-refractivity contribution in [3.05, 3.63) is 34.5 Å². The van der Waals surface area contributed by atoms with Gasteiger partial charge in [0.25, 0.3) is 0 Å². The van der Waals surface area contributed by atoms with E-state index in [-0.39, 0.29) is 30.2 Å². The topological polar surface area (TPSA) is 92.7 Å². The maximum absolute atomic E-state index is 13.0. The number of piperidine rings is 1. The van der Waals surface area contributed by atoms with E-state index in [4.69, 9.17) is 9.05 Å². The van der Waals surface area contributed by atoms with Gasteiger partial charge in [0.2, 0.25) is 11.8 Å². The third kappa shape index (κ3) is 3.36. The number of carbonyl (C=O) groups excluding carboxylic acids is 2. The van der Waals surface area contributed by atoms with Crippen molar-refractivity contribution >= 4 is 11.8 Å². The number of hydrogen-bond donors (Lipinski definition) is 0. The van der Waals surface area contributed by atoms with Crippen LogP contribution in [-0.4, -0.2) is 51.1 Å². The van der Waals surface area contributed by atoms with E-state index >= 15 is 0 Å². The van der Waals surface area contributed by atoms with Crippen LogP contribution in [0.4, 0.5) is 0 Å². The second-order valence-corrected chi connectivity index (χ2v) is 7.61. The molecule has 0 saturated carbocycles. The molecule has 0 radical (unpaired) electrons. The number of carbonyl (C=O) groups is 2. The van der Waals surface area contributed by atoms with E-state index in [1.54, 1.807) is 6.07 Å². The molecular weight excluding hydrogens is 348 g/mol. The van der Waals surface area contributed by atoms with E-state index in [1.807, 2.05) is 30.6 Å². The first-order valence-electron chi connectivity index (χ1n) is 9.34. The molecule has 2 amide bonds. The zero-order valence-electron chi connectivity index (χ0n) is 15.9. The lowest BCUT2D eigenvalue weighted by Gasteiger charge is -2.35. The van der Waals surface area contributed by atoms with Gasteiger partial charge in [0.05, 0.1) is 30.3 Å². The molecule has 27 heavy (non-hydrogen) atoms. The summed E-state index contributed by atoms with van der Waals surface area (Å²) in [6.07, 6.45) is 1.91. The molecule has 8 heteroatoms. The number of rotatable bonds is 4. The summed E-state index contributed by atoms with van der Waals surface area (Å²) in [5.74, 6) is 1.26. The fourth-order valence-corrected chi connectivity index (χ4v) is 4.11. The number of nitrogens with zero attached hydrogens (tertiary/aromatic N) is 4. The summed E-state index contributed by atoms with van der Waals surface area (Å²) < 4.78 is 10.4. The van der Waals surface area contributed by atoms with Gasteiger partial charge in [0.1, 0.15) is 11.5 Å².